The van der Waals surface area contributed by atoms with Gasteiger partial charge in [-0.3, -0.25) is 4.79 Å². The van der Waals surface area contributed by atoms with E-state index in [0.29, 0.717) is 22.1 Å². The lowest BCUT2D eigenvalue weighted by molar-refractivity contribution is -0.122. The van der Waals surface area contributed by atoms with E-state index in [-0.39, 0.29) is 24.0 Å². The molecule has 1 fully saturated rings. The maximum absolute atomic E-state index is 12.9. The van der Waals surface area contributed by atoms with E-state index in [1.54, 1.807) is 12.1 Å². The zero-order chi connectivity index (χ0) is 20.6. The highest BCUT2D eigenvalue weighted by molar-refractivity contribution is 6.33. The molecule has 3 aromatic rings. The molecule has 6 heteroatoms. The Kier molecular flexibility index (Phi) is 4.68. The number of hydrogen-bond acceptors (Lipinski definition) is 4. The summed E-state index contributed by atoms with van der Waals surface area (Å²) in [6.07, 6.45) is 2.27. The van der Waals surface area contributed by atoms with Gasteiger partial charge >= 0.3 is 0 Å². The van der Waals surface area contributed by atoms with Crippen molar-refractivity contribution in [3.8, 4) is 11.5 Å². The first-order valence-electron chi connectivity index (χ1n) is 9.71. The molecule has 5 rings (SSSR count). The number of halogens is 1. The molecule has 0 aromatic heterocycles. The van der Waals surface area contributed by atoms with E-state index < -0.39 is 0 Å². The van der Waals surface area contributed by atoms with Gasteiger partial charge in [-0.2, -0.15) is 5.10 Å². The van der Waals surface area contributed by atoms with Gasteiger partial charge in [-0.25, -0.2) is 5.43 Å². The minimum Gasteiger partial charge on any atom is -0.454 e. The number of benzene rings is 3. The van der Waals surface area contributed by atoms with Gasteiger partial charge in [0.25, 0.3) is 0 Å². The van der Waals surface area contributed by atoms with Crippen LogP contribution in [0.25, 0.3) is 0 Å². The third-order valence-corrected chi connectivity index (χ3v) is 6.05. The minimum absolute atomic E-state index is 0.115. The van der Waals surface area contributed by atoms with Crippen LogP contribution in [0, 0.1) is 5.92 Å². The Bertz CT molecular complexity index is 1080. The molecular formula is C24H19ClN2O3. The van der Waals surface area contributed by atoms with Crippen LogP contribution < -0.4 is 14.9 Å². The highest BCUT2D eigenvalue weighted by atomic mass is 35.5. The van der Waals surface area contributed by atoms with Gasteiger partial charge in [-0.1, -0.05) is 72.3 Å². The van der Waals surface area contributed by atoms with E-state index in [1.807, 2.05) is 36.4 Å². The number of hydrogen-bond donors (Lipinski definition) is 1. The van der Waals surface area contributed by atoms with Crippen molar-refractivity contribution in [2.24, 2.45) is 11.0 Å². The fourth-order valence-electron chi connectivity index (χ4n) is 4.13. The van der Waals surface area contributed by atoms with Crippen molar-refractivity contribution >= 4 is 23.7 Å². The summed E-state index contributed by atoms with van der Waals surface area (Å²) in [5, 5.41) is 4.61. The molecular weight excluding hydrogens is 400 g/mol. The van der Waals surface area contributed by atoms with E-state index in [9.17, 15) is 4.79 Å². The second-order valence-electron chi connectivity index (χ2n) is 7.42. The van der Waals surface area contributed by atoms with E-state index in [0.717, 1.165) is 17.5 Å². The first-order chi connectivity index (χ1) is 14.7. The van der Waals surface area contributed by atoms with E-state index >= 15 is 0 Å². The molecule has 0 bridgehead atoms. The third kappa shape index (κ3) is 3.21. The number of ether oxygens (including phenoxy) is 2. The smallest absolute Gasteiger partial charge is 0.244 e. The average molecular weight is 419 g/mol. The number of amides is 1. The van der Waals surface area contributed by atoms with Crippen LogP contribution in [0.1, 0.15) is 23.1 Å². The Balaban J connectivity index is 1.35. The number of nitrogens with zero attached hydrogens (tertiary/aromatic N) is 1. The molecule has 1 saturated carbocycles. The molecule has 5 nitrogen and oxygen atoms in total. The number of rotatable bonds is 5. The molecule has 1 amide bonds. The van der Waals surface area contributed by atoms with Crippen LogP contribution in [-0.4, -0.2) is 18.9 Å². The predicted molar refractivity (Wildman–Crippen MR) is 115 cm³/mol. The molecule has 150 valence electrons. The van der Waals surface area contributed by atoms with Gasteiger partial charge in [0.05, 0.1) is 17.2 Å². The van der Waals surface area contributed by atoms with Crippen molar-refractivity contribution in [1.82, 2.24) is 5.43 Å². The van der Waals surface area contributed by atoms with Gasteiger partial charge in [-0.15, -0.1) is 0 Å². The quantitative estimate of drug-likeness (QED) is 0.489. The number of hydrazone groups is 1. The van der Waals surface area contributed by atoms with Crippen molar-refractivity contribution in [3.05, 3.63) is 94.5 Å². The molecule has 1 aliphatic carbocycles. The molecule has 1 N–H and O–H groups in total. The monoisotopic (exact) mass is 418 g/mol. The molecule has 0 unspecified atom stereocenters. The van der Waals surface area contributed by atoms with Crippen molar-refractivity contribution in [3.63, 3.8) is 0 Å². The highest BCUT2D eigenvalue weighted by Crippen LogP contribution is 2.58. The maximum atomic E-state index is 12.9. The van der Waals surface area contributed by atoms with Crippen LogP contribution in [0.2, 0.25) is 5.02 Å². The van der Waals surface area contributed by atoms with Crippen LogP contribution in [0.4, 0.5) is 0 Å². The summed E-state index contributed by atoms with van der Waals surface area (Å²) in [4.78, 5) is 12.9. The summed E-state index contributed by atoms with van der Waals surface area (Å²) < 4.78 is 10.7. The highest BCUT2D eigenvalue weighted by Gasteiger charge is 2.60. The van der Waals surface area contributed by atoms with Crippen LogP contribution in [0.3, 0.4) is 0 Å². The summed E-state index contributed by atoms with van der Waals surface area (Å²) in [5.41, 5.74) is 5.28. The molecule has 0 saturated heterocycles. The minimum atomic E-state index is -0.321. The van der Waals surface area contributed by atoms with Gasteiger partial charge in [0.1, 0.15) is 0 Å². The molecule has 0 spiro atoms. The summed E-state index contributed by atoms with van der Waals surface area (Å²) in [5.74, 6) is 0.915. The average Bonchev–Trinajstić information content (AvgIpc) is 3.40. The number of carbonyl (C=O) groups is 1. The first kappa shape index (κ1) is 18.7. The first-order valence-corrected chi connectivity index (χ1v) is 10.1. The van der Waals surface area contributed by atoms with Crippen LogP contribution in [0.15, 0.2) is 77.9 Å². The Morgan fingerprint density at radius 2 is 1.60 bits per heavy atom. The maximum Gasteiger partial charge on any atom is 0.244 e. The van der Waals surface area contributed by atoms with Gasteiger partial charge in [-0.05, 0) is 23.6 Å². The van der Waals surface area contributed by atoms with Gasteiger partial charge in [0.2, 0.25) is 12.7 Å². The lowest BCUT2D eigenvalue weighted by Gasteiger charge is -2.18. The predicted octanol–water partition coefficient (Wildman–Crippen LogP) is 4.53. The second-order valence-corrected chi connectivity index (χ2v) is 7.83. The van der Waals surface area contributed by atoms with Crippen molar-refractivity contribution in [2.45, 2.75) is 11.8 Å². The molecule has 1 aliphatic heterocycles. The summed E-state index contributed by atoms with van der Waals surface area (Å²) in [6.45, 7) is 0.172. The van der Waals surface area contributed by atoms with Crippen molar-refractivity contribution in [1.29, 1.82) is 0 Å². The zero-order valence-corrected chi connectivity index (χ0v) is 16.8. The molecule has 1 heterocycles. The van der Waals surface area contributed by atoms with Crippen LogP contribution >= 0.6 is 11.6 Å². The molecule has 2 aliphatic rings. The molecule has 30 heavy (non-hydrogen) atoms. The fraction of sp³-hybridized carbons (Fsp3) is 0.167. The Morgan fingerprint density at radius 1 is 1.00 bits per heavy atom. The standard InChI is InChI=1S/C24H19ClN2O3/c25-20-12-22-21(29-15-30-22)11-16(20)14-26-27-23(28)19-13-24(19,17-7-3-1-4-8-17)18-9-5-2-6-10-18/h1-12,14,19H,13,15H2,(H,27,28)/b26-14-/t19-/m0/s1. The Morgan fingerprint density at radius 3 is 2.23 bits per heavy atom. The van der Waals surface area contributed by atoms with Gasteiger partial charge in [0, 0.05) is 17.0 Å². The van der Waals surface area contributed by atoms with Crippen LogP contribution in [0.5, 0.6) is 11.5 Å². The Labute approximate surface area is 179 Å². The van der Waals surface area contributed by atoms with Crippen LogP contribution in [-0.2, 0) is 10.2 Å². The van der Waals surface area contributed by atoms with E-state index in [2.05, 4.69) is 34.8 Å². The fourth-order valence-corrected chi connectivity index (χ4v) is 4.33. The topological polar surface area (TPSA) is 59.9 Å². The molecule has 3 aromatic carbocycles. The lowest BCUT2D eigenvalue weighted by atomic mass is 9.85. The second kappa shape index (κ2) is 7.50. The normalized spacial score (nSPS) is 18.4. The lowest BCUT2D eigenvalue weighted by Crippen LogP contribution is -2.25. The Hall–Kier alpha value is -3.31. The van der Waals surface area contributed by atoms with E-state index in [4.69, 9.17) is 21.1 Å². The number of carbonyl (C=O) groups excluding carboxylic acids is 1. The molecule has 0 radical (unpaired) electrons. The number of fused-ring (bicyclic) bond motifs is 1. The number of nitrogens with one attached hydrogen (secondary N) is 1. The SMILES string of the molecule is O=C(N/N=C\c1cc2c(cc1Cl)OCO2)[C@@H]1CC1(c1ccccc1)c1ccccc1. The molecule has 1 atom stereocenters. The largest absolute Gasteiger partial charge is 0.454 e. The third-order valence-electron chi connectivity index (χ3n) is 5.73. The van der Waals surface area contributed by atoms with Crippen molar-refractivity contribution < 1.29 is 14.3 Å². The van der Waals surface area contributed by atoms with Gasteiger partial charge < -0.3 is 9.47 Å². The summed E-state index contributed by atoms with van der Waals surface area (Å²) in [7, 11) is 0. The summed E-state index contributed by atoms with van der Waals surface area (Å²) in [6, 6.07) is 23.7. The summed E-state index contributed by atoms with van der Waals surface area (Å²) >= 11 is 6.26. The van der Waals surface area contributed by atoms with E-state index in [1.165, 1.54) is 6.21 Å². The van der Waals surface area contributed by atoms with Crippen molar-refractivity contribution in [2.75, 3.05) is 6.79 Å². The zero-order valence-electron chi connectivity index (χ0n) is 16.0. The van der Waals surface area contributed by atoms with Gasteiger partial charge in [0.15, 0.2) is 11.5 Å².